The molecule has 1 aliphatic carbocycles. The number of carboxylic acid groups (broad SMARTS) is 1. The SMILES string of the molecule is CC/C(C)=C(/N=C1\C(=C(C)C)C=CC(=O)N1C1CCCC1)Nc1ccc(C(=O)O)cc1. The highest BCUT2D eigenvalue weighted by atomic mass is 16.4. The Labute approximate surface area is 184 Å². The number of aromatic carboxylic acids is 1. The van der Waals surface area contributed by atoms with Crippen LogP contribution in [0.15, 0.2) is 64.0 Å². The molecule has 0 radical (unpaired) electrons. The number of carbonyl (C=O) groups excluding carboxylic acids is 1. The highest BCUT2D eigenvalue weighted by molar-refractivity contribution is 6.16. The number of amides is 1. The molecule has 0 bridgehead atoms. The Morgan fingerprint density at radius 3 is 2.32 bits per heavy atom. The van der Waals surface area contributed by atoms with Gasteiger partial charge in [0.25, 0.3) is 5.91 Å². The van der Waals surface area contributed by atoms with Crippen molar-refractivity contribution in [2.75, 3.05) is 5.32 Å². The molecule has 0 unspecified atom stereocenters. The Bertz CT molecular complexity index is 974. The lowest BCUT2D eigenvalue weighted by molar-refractivity contribution is -0.124. The monoisotopic (exact) mass is 421 g/mol. The number of nitrogens with one attached hydrogen (secondary N) is 1. The average Bonchev–Trinajstić information content (AvgIpc) is 3.27. The Kier molecular flexibility index (Phi) is 7.10. The fraction of sp³-hybridized carbons (Fsp3) is 0.400. The summed E-state index contributed by atoms with van der Waals surface area (Å²) in [4.78, 5) is 30.9. The summed E-state index contributed by atoms with van der Waals surface area (Å²) >= 11 is 0. The van der Waals surface area contributed by atoms with E-state index in [1.165, 1.54) is 0 Å². The molecule has 1 aromatic rings. The molecule has 0 atom stereocenters. The van der Waals surface area contributed by atoms with Gasteiger partial charge >= 0.3 is 5.97 Å². The van der Waals surface area contributed by atoms with Crippen LogP contribution in [-0.2, 0) is 4.79 Å². The molecule has 164 valence electrons. The predicted octanol–water partition coefficient (Wildman–Crippen LogP) is 5.51. The minimum Gasteiger partial charge on any atom is -0.478 e. The van der Waals surface area contributed by atoms with Crippen LogP contribution in [0.4, 0.5) is 5.69 Å². The summed E-state index contributed by atoms with van der Waals surface area (Å²) in [5.74, 6) is 0.400. The smallest absolute Gasteiger partial charge is 0.335 e. The number of hydrogen-bond donors (Lipinski definition) is 2. The normalized spacial score (nSPS) is 19.1. The van der Waals surface area contributed by atoms with Crippen molar-refractivity contribution in [1.82, 2.24) is 4.90 Å². The third-order valence-electron chi connectivity index (χ3n) is 5.87. The largest absolute Gasteiger partial charge is 0.478 e. The van der Waals surface area contributed by atoms with Crippen molar-refractivity contribution in [2.45, 2.75) is 65.8 Å². The zero-order chi connectivity index (χ0) is 22.5. The van der Waals surface area contributed by atoms with Crippen molar-refractivity contribution in [3.8, 4) is 0 Å². The van der Waals surface area contributed by atoms with Gasteiger partial charge in [-0.25, -0.2) is 9.79 Å². The molecule has 1 amide bonds. The molecule has 31 heavy (non-hydrogen) atoms. The van der Waals surface area contributed by atoms with Gasteiger partial charge in [0.15, 0.2) is 0 Å². The van der Waals surface area contributed by atoms with E-state index >= 15 is 0 Å². The second-order valence-corrected chi connectivity index (χ2v) is 8.32. The van der Waals surface area contributed by atoms with E-state index in [2.05, 4.69) is 12.2 Å². The van der Waals surface area contributed by atoms with Gasteiger partial charge < -0.3 is 10.4 Å². The zero-order valence-corrected chi connectivity index (χ0v) is 18.7. The number of benzene rings is 1. The molecule has 0 spiro atoms. The van der Waals surface area contributed by atoms with Crippen LogP contribution in [0.2, 0.25) is 0 Å². The van der Waals surface area contributed by atoms with Gasteiger partial charge in [-0.2, -0.15) is 0 Å². The number of hydrogen-bond acceptors (Lipinski definition) is 4. The summed E-state index contributed by atoms with van der Waals surface area (Å²) in [6.07, 6.45) is 8.54. The van der Waals surface area contributed by atoms with Gasteiger partial charge in [0.05, 0.1) is 5.56 Å². The number of nitrogens with zero attached hydrogens (tertiary/aromatic N) is 2. The first kappa shape index (κ1) is 22.5. The number of carbonyl (C=O) groups is 2. The quantitative estimate of drug-likeness (QED) is 0.634. The van der Waals surface area contributed by atoms with E-state index in [4.69, 9.17) is 10.1 Å². The fourth-order valence-corrected chi connectivity index (χ4v) is 3.90. The topological polar surface area (TPSA) is 82.0 Å². The first-order valence-electron chi connectivity index (χ1n) is 10.9. The molecular formula is C25H31N3O3. The van der Waals surface area contributed by atoms with Gasteiger partial charge in [0.1, 0.15) is 11.7 Å². The van der Waals surface area contributed by atoms with Crippen LogP contribution in [0.5, 0.6) is 0 Å². The Morgan fingerprint density at radius 1 is 1.13 bits per heavy atom. The molecule has 6 heteroatoms. The summed E-state index contributed by atoms with van der Waals surface area (Å²) in [5.41, 5.74) is 4.11. The van der Waals surface area contributed by atoms with Crippen molar-refractivity contribution in [3.63, 3.8) is 0 Å². The van der Waals surface area contributed by atoms with Gasteiger partial charge in [-0.15, -0.1) is 0 Å². The Balaban J connectivity index is 2.05. The van der Waals surface area contributed by atoms with Gasteiger partial charge in [0, 0.05) is 23.4 Å². The van der Waals surface area contributed by atoms with Crippen LogP contribution in [-0.4, -0.2) is 33.8 Å². The molecule has 1 saturated carbocycles. The number of carboxylic acids is 1. The van der Waals surface area contributed by atoms with Crippen LogP contribution in [0.3, 0.4) is 0 Å². The summed E-state index contributed by atoms with van der Waals surface area (Å²) in [6, 6.07) is 6.76. The zero-order valence-electron chi connectivity index (χ0n) is 18.7. The fourth-order valence-electron chi connectivity index (χ4n) is 3.90. The van der Waals surface area contributed by atoms with Crippen LogP contribution in [0.1, 0.15) is 70.2 Å². The van der Waals surface area contributed by atoms with E-state index in [9.17, 15) is 9.59 Å². The maximum absolute atomic E-state index is 12.9. The molecule has 0 saturated heterocycles. The van der Waals surface area contributed by atoms with Gasteiger partial charge in [0.2, 0.25) is 0 Å². The van der Waals surface area contributed by atoms with Gasteiger partial charge in [-0.05, 0) is 75.9 Å². The Hall–Kier alpha value is -3.15. The van der Waals surface area contributed by atoms with Crippen molar-refractivity contribution >= 4 is 23.4 Å². The summed E-state index contributed by atoms with van der Waals surface area (Å²) in [7, 11) is 0. The minimum atomic E-state index is -0.958. The molecule has 2 aliphatic rings. The van der Waals surface area contributed by atoms with Crippen LogP contribution in [0.25, 0.3) is 0 Å². The highest BCUT2D eigenvalue weighted by Gasteiger charge is 2.33. The molecule has 3 rings (SSSR count). The summed E-state index contributed by atoms with van der Waals surface area (Å²) in [5, 5.41) is 12.5. The molecule has 1 heterocycles. The lowest BCUT2D eigenvalue weighted by Gasteiger charge is -2.33. The van der Waals surface area contributed by atoms with E-state index < -0.39 is 5.97 Å². The summed E-state index contributed by atoms with van der Waals surface area (Å²) in [6.45, 7) is 8.14. The van der Waals surface area contributed by atoms with Gasteiger partial charge in [-0.1, -0.05) is 25.3 Å². The molecule has 1 fully saturated rings. The average molecular weight is 422 g/mol. The lowest BCUT2D eigenvalue weighted by Crippen LogP contribution is -2.45. The molecule has 6 nitrogen and oxygen atoms in total. The molecule has 2 N–H and O–H groups in total. The lowest BCUT2D eigenvalue weighted by atomic mass is 10.0. The minimum absolute atomic E-state index is 0.0186. The number of anilines is 1. The van der Waals surface area contributed by atoms with E-state index in [1.54, 1.807) is 30.3 Å². The predicted molar refractivity (Wildman–Crippen MR) is 124 cm³/mol. The van der Waals surface area contributed by atoms with Crippen LogP contribution in [0, 0.1) is 0 Å². The maximum atomic E-state index is 12.9. The Morgan fingerprint density at radius 2 is 1.77 bits per heavy atom. The second kappa shape index (κ2) is 9.77. The number of rotatable bonds is 6. The molecule has 0 aromatic heterocycles. The van der Waals surface area contributed by atoms with Gasteiger partial charge in [-0.3, -0.25) is 9.69 Å². The molecular weight excluding hydrogens is 390 g/mol. The van der Waals surface area contributed by atoms with Crippen LogP contribution < -0.4 is 5.32 Å². The van der Waals surface area contributed by atoms with E-state index in [1.807, 2.05) is 31.7 Å². The highest BCUT2D eigenvalue weighted by Crippen LogP contribution is 2.30. The van der Waals surface area contributed by atoms with E-state index in [-0.39, 0.29) is 17.5 Å². The number of amidine groups is 1. The van der Waals surface area contributed by atoms with Crippen molar-refractivity contribution in [1.29, 1.82) is 0 Å². The summed E-state index contributed by atoms with van der Waals surface area (Å²) < 4.78 is 0. The van der Waals surface area contributed by atoms with E-state index in [0.717, 1.165) is 54.5 Å². The van der Waals surface area contributed by atoms with E-state index in [0.29, 0.717) is 11.7 Å². The van der Waals surface area contributed by atoms with Crippen molar-refractivity contribution < 1.29 is 14.7 Å². The molecule has 1 aromatic carbocycles. The first-order chi connectivity index (χ1) is 14.8. The second-order valence-electron chi connectivity index (χ2n) is 8.32. The number of aliphatic imine (C=N–C) groups is 1. The van der Waals surface area contributed by atoms with Crippen molar-refractivity contribution in [3.05, 3.63) is 64.5 Å². The maximum Gasteiger partial charge on any atom is 0.335 e. The van der Waals surface area contributed by atoms with Crippen LogP contribution >= 0.6 is 0 Å². The third kappa shape index (κ3) is 5.13. The first-order valence-corrected chi connectivity index (χ1v) is 10.9. The standard InChI is InChI=1S/C25H31N3O3/c1-5-17(4)23(26-19-12-10-18(11-13-19)25(30)31)27-24-21(16(2)3)14-15-22(29)28(24)20-8-6-7-9-20/h10-15,20,26H,5-9H2,1-4H3,(H,30,31)/b23-17+,27-24+. The molecule has 1 aliphatic heterocycles. The third-order valence-corrected chi connectivity index (χ3v) is 5.87. The number of allylic oxidation sites excluding steroid dienone is 2. The van der Waals surface area contributed by atoms with Crippen molar-refractivity contribution in [2.24, 2.45) is 4.99 Å².